The van der Waals surface area contributed by atoms with Gasteiger partial charge in [0.05, 0.1) is 0 Å². The minimum absolute atomic E-state index is 0.267. The molecule has 2 nitrogen and oxygen atoms in total. The van der Waals surface area contributed by atoms with Crippen molar-refractivity contribution in [2.75, 3.05) is 0 Å². The summed E-state index contributed by atoms with van der Waals surface area (Å²) >= 11 is 0. The predicted octanol–water partition coefficient (Wildman–Crippen LogP) is 4.18. The zero-order valence-corrected chi connectivity index (χ0v) is 9.07. The Labute approximate surface area is 102 Å². The quantitative estimate of drug-likeness (QED) is 0.817. The van der Waals surface area contributed by atoms with Gasteiger partial charge in [-0.05, 0) is 30.3 Å². The standard InChI is InChI=1S/C13H8F3O2/c14-13(15,16)18-12-8-4-7-11(9-12)17-10-5-2-1-3-6-10/h2-9H. The van der Waals surface area contributed by atoms with E-state index < -0.39 is 6.36 Å². The van der Waals surface area contributed by atoms with Crippen molar-refractivity contribution in [3.05, 3.63) is 54.6 Å². The zero-order valence-electron chi connectivity index (χ0n) is 9.07. The SMILES string of the molecule is FC(F)(F)Oc1cccc(Oc2cc[c]cc2)c1. The summed E-state index contributed by atoms with van der Waals surface area (Å²) in [5.41, 5.74) is 0. The molecule has 0 N–H and O–H groups in total. The van der Waals surface area contributed by atoms with Crippen LogP contribution in [0.15, 0.2) is 48.5 Å². The highest BCUT2D eigenvalue weighted by molar-refractivity contribution is 5.36. The van der Waals surface area contributed by atoms with E-state index in [0.29, 0.717) is 5.75 Å². The summed E-state index contributed by atoms with van der Waals surface area (Å²) in [5.74, 6) is 0.461. The highest BCUT2D eigenvalue weighted by Crippen LogP contribution is 2.28. The van der Waals surface area contributed by atoms with Crippen molar-refractivity contribution < 1.29 is 22.6 Å². The van der Waals surface area contributed by atoms with Crippen molar-refractivity contribution in [1.29, 1.82) is 0 Å². The van der Waals surface area contributed by atoms with Crippen LogP contribution in [0.4, 0.5) is 13.2 Å². The van der Waals surface area contributed by atoms with Gasteiger partial charge in [0.1, 0.15) is 17.2 Å². The second kappa shape index (κ2) is 5.00. The van der Waals surface area contributed by atoms with Gasteiger partial charge in [-0.1, -0.05) is 18.2 Å². The molecule has 0 atom stereocenters. The van der Waals surface area contributed by atoms with Gasteiger partial charge in [-0.15, -0.1) is 13.2 Å². The lowest BCUT2D eigenvalue weighted by Crippen LogP contribution is -2.16. The van der Waals surface area contributed by atoms with Crippen LogP contribution in [-0.2, 0) is 0 Å². The predicted molar refractivity (Wildman–Crippen MR) is 58.5 cm³/mol. The maximum Gasteiger partial charge on any atom is 0.573 e. The molecule has 0 aliphatic carbocycles. The fraction of sp³-hybridized carbons (Fsp3) is 0.0769. The number of rotatable bonds is 3. The van der Waals surface area contributed by atoms with Crippen LogP contribution >= 0.6 is 0 Å². The summed E-state index contributed by atoms with van der Waals surface area (Å²) in [7, 11) is 0. The first kappa shape index (κ1) is 12.3. The molecule has 1 radical (unpaired) electrons. The summed E-state index contributed by atoms with van der Waals surface area (Å²) < 4.78 is 45.3. The maximum absolute atomic E-state index is 12.0. The van der Waals surface area contributed by atoms with E-state index in [1.165, 1.54) is 18.2 Å². The highest BCUT2D eigenvalue weighted by atomic mass is 19.4. The van der Waals surface area contributed by atoms with Gasteiger partial charge in [-0.3, -0.25) is 0 Å². The minimum atomic E-state index is -4.71. The highest BCUT2D eigenvalue weighted by Gasteiger charge is 2.31. The molecule has 0 spiro atoms. The van der Waals surface area contributed by atoms with Crippen LogP contribution < -0.4 is 9.47 Å². The Kier molecular flexibility index (Phi) is 3.41. The van der Waals surface area contributed by atoms with Gasteiger partial charge in [0.15, 0.2) is 0 Å². The summed E-state index contributed by atoms with van der Waals surface area (Å²) in [6.45, 7) is 0. The van der Waals surface area contributed by atoms with E-state index in [4.69, 9.17) is 4.74 Å². The Bertz CT molecular complexity index is 509. The van der Waals surface area contributed by atoms with Crippen LogP contribution in [0.3, 0.4) is 0 Å². The fourth-order valence-electron chi connectivity index (χ4n) is 1.31. The molecule has 0 saturated carbocycles. The first-order valence-corrected chi connectivity index (χ1v) is 5.03. The van der Waals surface area contributed by atoms with Crippen molar-refractivity contribution in [3.8, 4) is 17.2 Å². The van der Waals surface area contributed by atoms with E-state index in [2.05, 4.69) is 10.8 Å². The first-order valence-electron chi connectivity index (χ1n) is 5.03. The maximum atomic E-state index is 12.0. The Hall–Kier alpha value is -2.17. The second-order valence-corrected chi connectivity index (χ2v) is 3.36. The van der Waals surface area contributed by atoms with E-state index in [1.807, 2.05) is 0 Å². The monoisotopic (exact) mass is 253 g/mol. The Morgan fingerprint density at radius 1 is 0.889 bits per heavy atom. The van der Waals surface area contributed by atoms with Crippen molar-refractivity contribution >= 4 is 0 Å². The number of alkyl halides is 3. The number of hydrogen-bond acceptors (Lipinski definition) is 2. The zero-order chi connectivity index (χ0) is 13.0. The Morgan fingerprint density at radius 3 is 2.22 bits per heavy atom. The molecule has 0 unspecified atom stereocenters. The topological polar surface area (TPSA) is 18.5 Å². The van der Waals surface area contributed by atoms with Crippen molar-refractivity contribution in [2.45, 2.75) is 6.36 Å². The van der Waals surface area contributed by atoms with Gasteiger partial charge >= 0.3 is 6.36 Å². The average molecular weight is 253 g/mol. The summed E-state index contributed by atoms with van der Waals surface area (Å²) in [6.07, 6.45) is -4.71. The number of benzene rings is 2. The fourth-order valence-corrected chi connectivity index (χ4v) is 1.31. The van der Waals surface area contributed by atoms with E-state index in [-0.39, 0.29) is 11.5 Å². The lowest BCUT2D eigenvalue weighted by molar-refractivity contribution is -0.274. The number of halogens is 3. The largest absolute Gasteiger partial charge is 0.573 e. The van der Waals surface area contributed by atoms with Crippen LogP contribution in [0.1, 0.15) is 0 Å². The lowest BCUT2D eigenvalue weighted by Gasteiger charge is -2.10. The summed E-state index contributed by atoms with van der Waals surface area (Å²) in [4.78, 5) is 0. The molecule has 2 aromatic carbocycles. The van der Waals surface area contributed by atoms with E-state index >= 15 is 0 Å². The van der Waals surface area contributed by atoms with E-state index in [1.54, 1.807) is 30.3 Å². The van der Waals surface area contributed by atoms with E-state index in [9.17, 15) is 13.2 Å². The van der Waals surface area contributed by atoms with Crippen molar-refractivity contribution in [3.63, 3.8) is 0 Å². The molecule has 0 aliphatic heterocycles. The van der Waals surface area contributed by atoms with Crippen LogP contribution in [0.25, 0.3) is 0 Å². The lowest BCUT2D eigenvalue weighted by atomic mass is 10.3. The van der Waals surface area contributed by atoms with E-state index in [0.717, 1.165) is 0 Å². The molecule has 93 valence electrons. The molecule has 5 heteroatoms. The molecule has 2 rings (SSSR count). The molecule has 0 fully saturated rings. The molecule has 0 aliphatic rings. The van der Waals surface area contributed by atoms with Crippen LogP contribution in [0.5, 0.6) is 17.2 Å². The third-order valence-electron chi connectivity index (χ3n) is 1.96. The Morgan fingerprint density at radius 2 is 1.56 bits per heavy atom. The molecular weight excluding hydrogens is 245 g/mol. The van der Waals surface area contributed by atoms with Crippen molar-refractivity contribution in [1.82, 2.24) is 0 Å². The molecule has 0 bridgehead atoms. The van der Waals surface area contributed by atoms with Gasteiger partial charge in [0.25, 0.3) is 0 Å². The van der Waals surface area contributed by atoms with Crippen LogP contribution in [-0.4, -0.2) is 6.36 Å². The molecule has 2 aromatic rings. The Balaban J connectivity index is 2.13. The van der Waals surface area contributed by atoms with Crippen LogP contribution in [0.2, 0.25) is 0 Å². The molecule has 0 amide bonds. The van der Waals surface area contributed by atoms with Crippen molar-refractivity contribution in [2.24, 2.45) is 0 Å². The normalized spacial score (nSPS) is 11.1. The first-order chi connectivity index (χ1) is 8.53. The molecular formula is C13H8F3O2. The molecule has 0 aromatic heterocycles. The van der Waals surface area contributed by atoms with Gasteiger partial charge in [-0.2, -0.15) is 0 Å². The summed E-state index contributed by atoms with van der Waals surface area (Å²) in [5, 5.41) is 0. The van der Waals surface area contributed by atoms with Gasteiger partial charge in [-0.25, -0.2) is 0 Å². The van der Waals surface area contributed by atoms with Gasteiger partial charge in [0, 0.05) is 6.07 Å². The molecule has 0 saturated heterocycles. The number of hydrogen-bond donors (Lipinski definition) is 0. The third-order valence-corrected chi connectivity index (χ3v) is 1.96. The molecule has 18 heavy (non-hydrogen) atoms. The minimum Gasteiger partial charge on any atom is -0.457 e. The van der Waals surface area contributed by atoms with Gasteiger partial charge < -0.3 is 9.47 Å². The van der Waals surface area contributed by atoms with Crippen LogP contribution in [0, 0.1) is 6.07 Å². The third kappa shape index (κ3) is 3.69. The van der Waals surface area contributed by atoms with Gasteiger partial charge in [0.2, 0.25) is 0 Å². The summed E-state index contributed by atoms with van der Waals surface area (Å²) in [6, 6.07) is 14.7. The average Bonchev–Trinajstić information content (AvgIpc) is 2.28. The second-order valence-electron chi connectivity index (χ2n) is 3.36. The number of ether oxygens (including phenoxy) is 2. The molecule has 0 heterocycles. The smallest absolute Gasteiger partial charge is 0.457 e.